The fraction of sp³-hybridized carbons (Fsp3) is 0.562. The molecular weight excluding hydrogens is 335 g/mol. The summed E-state index contributed by atoms with van der Waals surface area (Å²) < 4.78 is 41.5. The number of alkyl halides is 3. The summed E-state index contributed by atoms with van der Waals surface area (Å²) in [5.74, 6) is 0.957. The number of halogens is 3. The van der Waals surface area contributed by atoms with Crippen molar-refractivity contribution in [3.63, 3.8) is 0 Å². The van der Waals surface area contributed by atoms with Crippen LogP contribution in [0.25, 0.3) is 0 Å². The van der Waals surface area contributed by atoms with Crippen LogP contribution >= 0.6 is 0 Å². The van der Waals surface area contributed by atoms with Gasteiger partial charge in [-0.05, 0) is 19.3 Å². The molecule has 0 amide bonds. The Kier molecular flexibility index (Phi) is 4.57. The van der Waals surface area contributed by atoms with Gasteiger partial charge in [0.2, 0.25) is 0 Å². The summed E-state index contributed by atoms with van der Waals surface area (Å²) in [6.45, 7) is 3.45. The van der Waals surface area contributed by atoms with E-state index in [1.54, 1.807) is 33.5 Å². The van der Waals surface area contributed by atoms with Crippen molar-refractivity contribution in [3.05, 3.63) is 40.5 Å². The number of imidazole rings is 1. The van der Waals surface area contributed by atoms with Crippen LogP contribution in [-0.4, -0.2) is 32.7 Å². The molecule has 25 heavy (non-hydrogen) atoms. The second-order valence-electron chi connectivity index (χ2n) is 6.32. The number of fused-ring (bicyclic) bond motifs is 1. The van der Waals surface area contributed by atoms with Crippen molar-refractivity contribution in [2.75, 3.05) is 18.5 Å². The average Bonchev–Trinajstić information content (AvgIpc) is 2.98. The summed E-state index contributed by atoms with van der Waals surface area (Å²) in [5, 5.41) is 0. The first-order chi connectivity index (χ1) is 11.8. The molecular formula is C16H20F3N5O. The molecule has 0 bridgehead atoms. The number of hydrogen-bond acceptors (Lipinski definition) is 4. The maximum Gasteiger partial charge on any atom is 0.434 e. The van der Waals surface area contributed by atoms with Crippen LogP contribution in [0.3, 0.4) is 0 Å². The lowest BCUT2D eigenvalue weighted by Gasteiger charge is -2.28. The molecule has 0 saturated carbocycles. The molecule has 3 heterocycles. The van der Waals surface area contributed by atoms with Crippen molar-refractivity contribution in [2.24, 2.45) is 5.92 Å². The van der Waals surface area contributed by atoms with Crippen LogP contribution in [0.2, 0.25) is 0 Å². The highest BCUT2D eigenvalue weighted by Crippen LogP contribution is 2.30. The van der Waals surface area contributed by atoms with Crippen LogP contribution in [0.15, 0.2) is 23.4 Å². The summed E-state index contributed by atoms with van der Waals surface area (Å²) in [5.41, 5.74) is -1.00. The Balaban J connectivity index is 1.73. The quantitative estimate of drug-likeness (QED) is 0.844. The largest absolute Gasteiger partial charge is 0.434 e. The molecule has 0 saturated heterocycles. The topological polar surface area (TPSA) is 56.0 Å². The normalized spacial score (nSPS) is 17.4. The number of aryl methyl sites for hydroxylation is 2. The Labute approximate surface area is 142 Å². The van der Waals surface area contributed by atoms with Gasteiger partial charge in [-0.15, -0.1) is 0 Å². The molecule has 0 N–H and O–H groups in total. The standard InChI is InChI=1S/C16H20F3N5O/c1-3-23-7-6-20-14(15(23)25)22(2)8-11-4-5-13-21-12(16(17,18)19)10-24(13)9-11/h6-7,10-11H,3-5,8-9H2,1-2H3. The van der Waals surface area contributed by atoms with Crippen LogP contribution in [0.5, 0.6) is 0 Å². The molecule has 0 fully saturated rings. The molecule has 1 atom stereocenters. The lowest BCUT2D eigenvalue weighted by Crippen LogP contribution is -2.36. The van der Waals surface area contributed by atoms with Crippen molar-refractivity contribution in [2.45, 2.75) is 39.0 Å². The molecule has 0 radical (unpaired) electrons. The zero-order valence-electron chi connectivity index (χ0n) is 14.1. The van der Waals surface area contributed by atoms with Crippen LogP contribution < -0.4 is 10.5 Å². The zero-order valence-corrected chi connectivity index (χ0v) is 14.1. The minimum atomic E-state index is -4.42. The minimum absolute atomic E-state index is 0.129. The van der Waals surface area contributed by atoms with Gasteiger partial charge in [0, 0.05) is 51.7 Å². The molecule has 0 aliphatic carbocycles. The maximum atomic E-state index is 12.8. The van der Waals surface area contributed by atoms with E-state index < -0.39 is 11.9 Å². The third-order valence-electron chi connectivity index (χ3n) is 4.51. The van der Waals surface area contributed by atoms with Gasteiger partial charge < -0.3 is 14.0 Å². The lowest BCUT2D eigenvalue weighted by atomic mass is 9.99. The second-order valence-corrected chi connectivity index (χ2v) is 6.32. The first-order valence-corrected chi connectivity index (χ1v) is 8.19. The van der Waals surface area contributed by atoms with E-state index in [4.69, 9.17) is 0 Å². The van der Waals surface area contributed by atoms with Gasteiger partial charge in [-0.1, -0.05) is 0 Å². The van der Waals surface area contributed by atoms with E-state index in [2.05, 4.69) is 9.97 Å². The van der Waals surface area contributed by atoms with E-state index >= 15 is 0 Å². The third-order valence-corrected chi connectivity index (χ3v) is 4.51. The molecule has 6 nitrogen and oxygen atoms in total. The third kappa shape index (κ3) is 3.54. The number of anilines is 1. The fourth-order valence-corrected chi connectivity index (χ4v) is 3.22. The van der Waals surface area contributed by atoms with Crippen molar-refractivity contribution >= 4 is 5.82 Å². The predicted molar refractivity (Wildman–Crippen MR) is 86.5 cm³/mol. The van der Waals surface area contributed by atoms with Crippen molar-refractivity contribution in [1.82, 2.24) is 19.1 Å². The molecule has 0 spiro atoms. The van der Waals surface area contributed by atoms with E-state index in [1.165, 1.54) is 0 Å². The van der Waals surface area contributed by atoms with Crippen LogP contribution in [0, 0.1) is 5.92 Å². The minimum Gasteiger partial charge on any atom is -0.355 e. The SMILES string of the molecule is CCn1ccnc(N(C)CC2CCc3nc(C(F)(F)F)cn3C2)c1=O. The Morgan fingerprint density at radius 2 is 2.16 bits per heavy atom. The molecule has 9 heteroatoms. The summed E-state index contributed by atoms with van der Waals surface area (Å²) in [6.07, 6.45) is 1.10. The van der Waals surface area contributed by atoms with E-state index in [0.717, 1.165) is 12.6 Å². The lowest BCUT2D eigenvalue weighted by molar-refractivity contribution is -0.141. The van der Waals surface area contributed by atoms with E-state index in [-0.39, 0.29) is 11.5 Å². The average molecular weight is 355 g/mol. The summed E-state index contributed by atoms with van der Waals surface area (Å²) in [6, 6.07) is 0. The fourth-order valence-electron chi connectivity index (χ4n) is 3.22. The van der Waals surface area contributed by atoms with Gasteiger partial charge >= 0.3 is 6.18 Å². The molecule has 2 aromatic rings. The van der Waals surface area contributed by atoms with Crippen molar-refractivity contribution in [1.29, 1.82) is 0 Å². The van der Waals surface area contributed by atoms with E-state index in [0.29, 0.717) is 37.7 Å². The Hall–Kier alpha value is -2.32. The zero-order chi connectivity index (χ0) is 18.2. The number of aromatic nitrogens is 4. The molecule has 1 unspecified atom stereocenters. The Bertz CT molecular complexity index is 811. The summed E-state index contributed by atoms with van der Waals surface area (Å²) >= 11 is 0. The molecule has 2 aromatic heterocycles. The Morgan fingerprint density at radius 3 is 2.84 bits per heavy atom. The summed E-state index contributed by atoms with van der Waals surface area (Å²) in [4.78, 5) is 21.9. The molecule has 0 aromatic carbocycles. The van der Waals surface area contributed by atoms with E-state index in [9.17, 15) is 18.0 Å². The second kappa shape index (κ2) is 6.53. The van der Waals surface area contributed by atoms with Crippen LogP contribution in [0.4, 0.5) is 19.0 Å². The van der Waals surface area contributed by atoms with Gasteiger partial charge in [0.05, 0.1) is 0 Å². The van der Waals surface area contributed by atoms with Gasteiger partial charge in [0.1, 0.15) is 5.82 Å². The van der Waals surface area contributed by atoms with Gasteiger partial charge in [-0.3, -0.25) is 4.79 Å². The highest BCUT2D eigenvalue weighted by atomic mass is 19.4. The van der Waals surface area contributed by atoms with Crippen LogP contribution in [-0.2, 0) is 25.7 Å². The monoisotopic (exact) mass is 355 g/mol. The molecule has 136 valence electrons. The van der Waals surface area contributed by atoms with Gasteiger partial charge in [-0.25, -0.2) is 9.97 Å². The first-order valence-electron chi connectivity index (χ1n) is 8.19. The number of nitrogens with zero attached hydrogens (tertiary/aromatic N) is 5. The van der Waals surface area contributed by atoms with Crippen LogP contribution in [0.1, 0.15) is 24.9 Å². The van der Waals surface area contributed by atoms with Gasteiger partial charge in [0.15, 0.2) is 11.5 Å². The molecule has 3 rings (SSSR count). The predicted octanol–water partition coefficient (Wildman–Crippen LogP) is 2.18. The summed E-state index contributed by atoms with van der Waals surface area (Å²) in [7, 11) is 1.79. The maximum absolute atomic E-state index is 12.8. The number of hydrogen-bond donors (Lipinski definition) is 0. The van der Waals surface area contributed by atoms with Gasteiger partial charge in [0.25, 0.3) is 5.56 Å². The number of rotatable bonds is 4. The highest BCUT2D eigenvalue weighted by molar-refractivity contribution is 5.34. The first kappa shape index (κ1) is 17.5. The smallest absolute Gasteiger partial charge is 0.355 e. The van der Waals surface area contributed by atoms with Crippen molar-refractivity contribution < 1.29 is 13.2 Å². The molecule has 1 aliphatic rings. The Morgan fingerprint density at radius 1 is 1.40 bits per heavy atom. The van der Waals surface area contributed by atoms with Crippen molar-refractivity contribution in [3.8, 4) is 0 Å². The van der Waals surface area contributed by atoms with E-state index in [1.807, 2.05) is 6.92 Å². The van der Waals surface area contributed by atoms with Gasteiger partial charge in [-0.2, -0.15) is 13.2 Å². The molecule has 1 aliphatic heterocycles. The highest BCUT2D eigenvalue weighted by Gasteiger charge is 2.35.